The number of amidine groups is 1. The van der Waals surface area contributed by atoms with Crippen LogP contribution in [0.2, 0.25) is 0 Å². The maximum atomic E-state index is 11.5. The van der Waals surface area contributed by atoms with Gasteiger partial charge in [0.05, 0.1) is 0 Å². The summed E-state index contributed by atoms with van der Waals surface area (Å²) in [5.74, 6) is 0.683. The van der Waals surface area contributed by atoms with E-state index in [1.165, 1.54) is 43.2 Å². The van der Waals surface area contributed by atoms with Gasteiger partial charge in [-0.25, -0.2) is 0 Å². The molecule has 2 aromatic rings. The van der Waals surface area contributed by atoms with Gasteiger partial charge in [0, 0.05) is 38.0 Å². The Morgan fingerprint density at radius 1 is 1.05 bits per heavy atom. The Morgan fingerprint density at radius 3 is 2.14 bits per heavy atom. The number of carbonyl (C=O) groups excluding carboxylic acids is 3. The van der Waals surface area contributed by atoms with Gasteiger partial charge in [0.1, 0.15) is 12.0 Å². The Labute approximate surface area is 253 Å². The summed E-state index contributed by atoms with van der Waals surface area (Å²) in [6, 6.07) is 16.6. The number of aromatic hydroxyl groups is 1. The molecule has 232 valence electrons. The van der Waals surface area contributed by atoms with Gasteiger partial charge in [0.25, 0.3) is 0 Å². The van der Waals surface area contributed by atoms with E-state index in [2.05, 4.69) is 22.3 Å². The lowest BCUT2D eigenvalue weighted by atomic mass is 9.97. The van der Waals surface area contributed by atoms with E-state index in [4.69, 9.17) is 5.11 Å². The number of aldehydes is 1. The standard InChI is InChI=1S/C18H26N4O3.C7H8O.C7H12.C2H6/c1-3-16(11-12-19-17(25)10-7-13-23)22(2)21-18(20-14-24)15-8-5-4-6-9-15;1-6-2-4-7(8)5-3-6;1-7-5-3-2-4-6-7;1-2/h4-6,8-9,13-14,16H,3,7,10-12H2,1-2H3,(H,19,25)(H,20,21,24);2-5,8H,1H3;1-6H2;1-2H3. The van der Waals surface area contributed by atoms with E-state index in [1.807, 2.05) is 77.2 Å². The fourth-order valence-corrected chi connectivity index (χ4v) is 3.97. The van der Waals surface area contributed by atoms with Crippen LogP contribution in [0.5, 0.6) is 5.75 Å². The summed E-state index contributed by atoms with van der Waals surface area (Å²) < 4.78 is 0. The van der Waals surface area contributed by atoms with Crippen molar-refractivity contribution < 1.29 is 19.5 Å². The highest BCUT2D eigenvalue weighted by molar-refractivity contribution is 6.03. The minimum Gasteiger partial charge on any atom is -0.508 e. The molecule has 3 N–H and O–H groups in total. The minimum absolute atomic E-state index is 0.110. The predicted octanol–water partition coefficient (Wildman–Crippen LogP) is 6.52. The number of amides is 2. The molecule has 1 fully saturated rings. The van der Waals surface area contributed by atoms with Crippen LogP contribution >= 0.6 is 0 Å². The first-order chi connectivity index (χ1) is 20.3. The number of phenols is 1. The van der Waals surface area contributed by atoms with Crippen molar-refractivity contribution in [3.05, 3.63) is 77.9 Å². The van der Waals surface area contributed by atoms with Crippen molar-refractivity contribution in [3.63, 3.8) is 0 Å². The van der Waals surface area contributed by atoms with Crippen LogP contribution in [0.1, 0.15) is 89.7 Å². The monoisotopic (exact) mass is 580 g/mol. The molecule has 1 unspecified atom stereocenters. The largest absolute Gasteiger partial charge is 0.508 e. The molecule has 0 saturated heterocycles. The SMILES string of the molecule is C=C1CCCCC1.CC.CCC(CCNC(=O)CCC=O)N(C)/N=C(\NC=O)c1ccccc1.Cc1ccc(O)cc1. The van der Waals surface area contributed by atoms with E-state index in [-0.39, 0.29) is 24.8 Å². The van der Waals surface area contributed by atoms with E-state index >= 15 is 0 Å². The second-order valence-corrected chi connectivity index (χ2v) is 9.70. The van der Waals surface area contributed by atoms with Crippen LogP contribution in [0.3, 0.4) is 0 Å². The molecule has 2 amide bonds. The number of hydrazone groups is 1. The van der Waals surface area contributed by atoms with E-state index in [9.17, 15) is 14.4 Å². The summed E-state index contributed by atoms with van der Waals surface area (Å²) in [6.07, 6.45) is 10.1. The van der Waals surface area contributed by atoms with Gasteiger partial charge in [0.15, 0.2) is 5.84 Å². The average molecular weight is 581 g/mol. The number of carbonyl (C=O) groups is 3. The number of benzene rings is 2. The van der Waals surface area contributed by atoms with Crippen molar-refractivity contribution in [2.75, 3.05) is 13.6 Å². The molecule has 0 aromatic heterocycles. The van der Waals surface area contributed by atoms with Gasteiger partial charge in [-0.3, -0.25) is 14.6 Å². The second-order valence-electron chi connectivity index (χ2n) is 9.70. The van der Waals surface area contributed by atoms with Gasteiger partial charge in [-0.05, 0) is 57.6 Å². The molecule has 0 bridgehead atoms. The highest BCUT2D eigenvalue weighted by Gasteiger charge is 2.13. The third kappa shape index (κ3) is 18.4. The van der Waals surface area contributed by atoms with E-state index in [0.29, 0.717) is 31.0 Å². The number of hydrogen-bond donors (Lipinski definition) is 3. The number of hydrogen-bond acceptors (Lipinski definition) is 6. The highest BCUT2D eigenvalue weighted by atomic mass is 16.3. The Bertz CT molecular complexity index is 1010. The molecule has 0 spiro atoms. The molecule has 0 heterocycles. The van der Waals surface area contributed by atoms with Crippen LogP contribution in [0.15, 0.2) is 71.9 Å². The first kappa shape index (κ1) is 38.1. The summed E-state index contributed by atoms with van der Waals surface area (Å²) in [5.41, 5.74) is 3.45. The zero-order valence-electron chi connectivity index (χ0n) is 26.3. The molecule has 1 aliphatic rings. The Hall–Kier alpha value is -3.94. The Balaban J connectivity index is 0.000000792. The number of nitrogens with zero attached hydrogens (tertiary/aromatic N) is 2. The lowest BCUT2D eigenvalue weighted by molar-refractivity contribution is -0.122. The zero-order valence-corrected chi connectivity index (χ0v) is 26.3. The second kappa shape index (κ2) is 24.8. The minimum atomic E-state index is -0.124. The quantitative estimate of drug-likeness (QED) is 0.0921. The number of aryl methyl sites for hydroxylation is 1. The smallest absolute Gasteiger partial charge is 0.220 e. The van der Waals surface area contributed by atoms with Crippen LogP contribution in [-0.4, -0.2) is 54.2 Å². The van der Waals surface area contributed by atoms with Gasteiger partial charge in [-0.2, -0.15) is 5.10 Å². The molecule has 8 nitrogen and oxygen atoms in total. The fourth-order valence-electron chi connectivity index (χ4n) is 3.97. The first-order valence-electron chi connectivity index (χ1n) is 15.0. The number of rotatable bonds is 11. The molecule has 8 heteroatoms. The fraction of sp³-hybridized carbons (Fsp3) is 0.471. The van der Waals surface area contributed by atoms with Crippen LogP contribution in [0, 0.1) is 6.92 Å². The summed E-state index contributed by atoms with van der Waals surface area (Å²) in [5, 5.41) is 20.5. The van der Waals surface area contributed by atoms with Crippen molar-refractivity contribution in [2.24, 2.45) is 5.10 Å². The van der Waals surface area contributed by atoms with Crippen molar-refractivity contribution >= 4 is 24.4 Å². The highest BCUT2D eigenvalue weighted by Crippen LogP contribution is 2.20. The van der Waals surface area contributed by atoms with Gasteiger partial charge in [-0.15, -0.1) is 0 Å². The first-order valence-corrected chi connectivity index (χ1v) is 15.0. The maximum Gasteiger partial charge on any atom is 0.220 e. The normalized spacial score (nSPS) is 12.9. The molecular formula is C34H52N4O4. The maximum absolute atomic E-state index is 11.5. The number of nitrogens with one attached hydrogen (secondary N) is 2. The molecular weight excluding hydrogens is 528 g/mol. The van der Waals surface area contributed by atoms with E-state index in [1.54, 1.807) is 17.1 Å². The van der Waals surface area contributed by atoms with Crippen molar-refractivity contribution in [1.29, 1.82) is 0 Å². The third-order valence-electron chi connectivity index (χ3n) is 6.38. The molecule has 3 rings (SSSR count). The van der Waals surface area contributed by atoms with Gasteiger partial charge in [0.2, 0.25) is 12.3 Å². The van der Waals surface area contributed by atoms with Crippen molar-refractivity contribution in [2.45, 2.75) is 91.5 Å². The average Bonchev–Trinajstić information content (AvgIpc) is 3.02. The lowest BCUT2D eigenvalue weighted by Crippen LogP contribution is -2.35. The molecule has 1 aliphatic carbocycles. The summed E-state index contributed by atoms with van der Waals surface area (Å²) in [4.78, 5) is 32.7. The topological polar surface area (TPSA) is 111 Å². The zero-order chi connectivity index (χ0) is 31.6. The van der Waals surface area contributed by atoms with Crippen LogP contribution in [0.4, 0.5) is 0 Å². The van der Waals surface area contributed by atoms with Gasteiger partial charge >= 0.3 is 0 Å². The number of allylic oxidation sites excluding steroid dienone is 1. The van der Waals surface area contributed by atoms with Gasteiger partial charge < -0.3 is 20.5 Å². The summed E-state index contributed by atoms with van der Waals surface area (Å²) >= 11 is 0. The Morgan fingerprint density at radius 2 is 1.67 bits per heavy atom. The van der Waals surface area contributed by atoms with E-state index in [0.717, 1.165) is 18.3 Å². The third-order valence-corrected chi connectivity index (χ3v) is 6.38. The Kier molecular flexibility index (Phi) is 22.5. The predicted molar refractivity (Wildman–Crippen MR) is 173 cm³/mol. The lowest BCUT2D eigenvalue weighted by Gasteiger charge is -2.25. The molecule has 1 saturated carbocycles. The summed E-state index contributed by atoms with van der Waals surface area (Å²) in [7, 11) is 1.85. The molecule has 0 aliphatic heterocycles. The van der Waals surface area contributed by atoms with Gasteiger partial charge in [-0.1, -0.05) is 87.4 Å². The van der Waals surface area contributed by atoms with Crippen molar-refractivity contribution in [3.8, 4) is 5.75 Å². The van der Waals surface area contributed by atoms with Crippen LogP contribution < -0.4 is 10.6 Å². The molecule has 0 radical (unpaired) electrons. The van der Waals surface area contributed by atoms with Crippen molar-refractivity contribution in [1.82, 2.24) is 15.6 Å². The van der Waals surface area contributed by atoms with Crippen LogP contribution in [-0.2, 0) is 14.4 Å². The molecule has 1 atom stereocenters. The van der Waals surface area contributed by atoms with Crippen LogP contribution in [0.25, 0.3) is 0 Å². The van der Waals surface area contributed by atoms with E-state index < -0.39 is 0 Å². The molecule has 2 aromatic carbocycles. The molecule has 42 heavy (non-hydrogen) atoms. The summed E-state index contributed by atoms with van der Waals surface area (Å²) in [6.45, 7) is 12.5. The number of phenolic OH excluding ortho intramolecular Hbond substituents is 1.